The van der Waals surface area contributed by atoms with E-state index < -0.39 is 0 Å². The van der Waals surface area contributed by atoms with Gasteiger partial charge in [-0.3, -0.25) is 4.79 Å². The summed E-state index contributed by atoms with van der Waals surface area (Å²) in [6, 6.07) is 7.56. The van der Waals surface area contributed by atoms with Crippen LogP contribution in [0.2, 0.25) is 0 Å². The Morgan fingerprint density at radius 3 is 2.56 bits per heavy atom. The van der Waals surface area contributed by atoms with Crippen LogP contribution in [0.1, 0.15) is 5.69 Å². The van der Waals surface area contributed by atoms with Crippen molar-refractivity contribution in [2.24, 2.45) is 0 Å². The molecule has 1 heterocycles. The number of hydrogen-bond acceptors (Lipinski definition) is 3. The maximum Gasteiger partial charge on any atom is 0.265 e. The van der Waals surface area contributed by atoms with E-state index in [0.717, 1.165) is 10.0 Å². The minimum atomic E-state index is -0.213. The average Bonchev–Trinajstić information content (AvgIpc) is 2.36. The fourth-order valence-electron chi connectivity index (χ4n) is 1.48. The van der Waals surface area contributed by atoms with Gasteiger partial charge in [-0.2, -0.15) is 0 Å². The summed E-state index contributed by atoms with van der Waals surface area (Å²) in [6.45, 7) is 0.286. The van der Waals surface area contributed by atoms with Crippen molar-refractivity contribution in [1.82, 2.24) is 9.97 Å². The summed E-state index contributed by atoms with van der Waals surface area (Å²) in [5, 5.41) is 0. The Kier molecular flexibility index (Phi) is 4.31. The molecule has 1 N–H and O–H groups in total. The van der Waals surface area contributed by atoms with Crippen LogP contribution in [0.25, 0.3) is 11.4 Å². The predicted octanol–water partition coefficient (Wildman–Crippen LogP) is 3.11. The van der Waals surface area contributed by atoms with Crippen LogP contribution in [-0.2, 0) is 11.3 Å². The second-order valence-corrected chi connectivity index (χ2v) is 5.32. The van der Waals surface area contributed by atoms with Gasteiger partial charge < -0.3 is 9.72 Å². The molecule has 0 aliphatic heterocycles. The van der Waals surface area contributed by atoms with Gasteiger partial charge in [-0.25, -0.2) is 4.98 Å². The standard InChI is InChI=1S/C12H10Br2N2O2/c1-18-6-9-10(14)12(17)16-11(15-9)7-2-4-8(13)5-3-7/h2-5H,6H2,1H3,(H,15,16,17). The number of hydrogen-bond donors (Lipinski definition) is 1. The van der Waals surface area contributed by atoms with E-state index in [2.05, 4.69) is 41.8 Å². The molecule has 0 amide bonds. The van der Waals surface area contributed by atoms with Gasteiger partial charge in [0.25, 0.3) is 5.56 Å². The number of ether oxygens (including phenoxy) is 1. The summed E-state index contributed by atoms with van der Waals surface area (Å²) in [6.07, 6.45) is 0. The van der Waals surface area contributed by atoms with E-state index in [1.165, 1.54) is 0 Å². The quantitative estimate of drug-likeness (QED) is 0.899. The van der Waals surface area contributed by atoms with E-state index in [1.807, 2.05) is 24.3 Å². The molecule has 2 aromatic rings. The van der Waals surface area contributed by atoms with Crippen molar-refractivity contribution in [1.29, 1.82) is 0 Å². The molecule has 0 atom stereocenters. The van der Waals surface area contributed by atoms with Gasteiger partial charge in [0.1, 0.15) is 10.3 Å². The summed E-state index contributed by atoms with van der Waals surface area (Å²) in [5.41, 5.74) is 1.22. The summed E-state index contributed by atoms with van der Waals surface area (Å²) in [5.74, 6) is 0.530. The zero-order valence-corrected chi connectivity index (χ0v) is 12.7. The van der Waals surface area contributed by atoms with Crippen molar-refractivity contribution in [3.05, 3.63) is 49.3 Å². The first-order valence-electron chi connectivity index (χ1n) is 5.15. The molecule has 2 rings (SSSR count). The van der Waals surface area contributed by atoms with E-state index in [9.17, 15) is 4.79 Å². The van der Waals surface area contributed by atoms with E-state index in [4.69, 9.17) is 4.74 Å². The van der Waals surface area contributed by atoms with Crippen LogP contribution >= 0.6 is 31.9 Å². The first-order valence-corrected chi connectivity index (χ1v) is 6.74. The number of halogens is 2. The number of H-pyrrole nitrogens is 1. The molecule has 1 aromatic heterocycles. The van der Waals surface area contributed by atoms with Crippen LogP contribution < -0.4 is 5.56 Å². The van der Waals surface area contributed by atoms with Crippen LogP contribution in [0.15, 0.2) is 38.0 Å². The fraction of sp³-hybridized carbons (Fsp3) is 0.167. The van der Waals surface area contributed by atoms with Gasteiger partial charge >= 0.3 is 0 Å². The number of methoxy groups -OCH3 is 1. The first kappa shape index (κ1) is 13.5. The highest BCUT2D eigenvalue weighted by atomic mass is 79.9. The number of nitrogens with zero attached hydrogens (tertiary/aromatic N) is 1. The summed E-state index contributed by atoms with van der Waals surface area (Å²) in [7, 11) is 1.56. The molecule has 1 aromatic carbocycles. The summed E-state index contributed by atoms with van der Waals surface area (Å²) in [4.78, 5) is 18.9. The Bertz CT molecular complexity index is 608. The predicted molar refractivity (Wildman–Crippen MR) is 76.4 cm³/mol. The monoisotopic (exact) mass is 372 g/mol. The molecule has 0 saturated carbocycles. The van der Waals surface area contributed by atoms with E-state index in [-0.39, 0.29) is 12.2 Å². The highest BCUT2D eigenvalue weighted by Gasteiger charge is 2.10. The molecule has 0 bridgehead atoms. The van der Waals surface area contributed by atoms with E-state index >= 15 is 0 Å². The second-order valence-electron chi connectivity index (χ2n) is 3.62. The number of rotatable bonds is 3. The highest BCUT2D eigenvalue weighted by molar-refractivity contribution is 9.10. The second kappa shape index (κ2) is 5.77. The van der Waals surface area contributed by atoms with Crippen molar-refractivity contribution in [3.63, 3.8) is 0 Å². The van der Waals surface area contributed by atoms with Crippen molar-refractivity contribution in [3.8, 4) is 11.4 Å². The van der Waals surface area contributed by atoms with Gasteiger partial charge in [0.2, 0.25) is 0 Å². The molecule has 0 spiro atoms. The smallest absolute Gasteiger partial charge is 0.265 e. The van der Waals surface area contributed by atoms with Crippen LogP contribution in [0, 0.1) is 0 Å². The summed E-state index contributed by atoms with van der Waals surface area (Å²) >= 11 is 6.57. The van der Waals surface area contributed by atoms with Crippen molar-refractivity contribution >= 4 is 31.9 Å². The SMILES string of the molecule is COCc1nc(-c2ccc(Br)cc2)[nH]c(=O)c1Br. The van der Waals surface area contributed by atoms with Gasteiger partial charge in [0.05, 0.1) is 12.3 Å². The van der Waals surface area contributed by atoms with Gasteiger partial charge in [0, 0.05) is 17.1 Å². The third kappa shape index (κ3) is 2.88. The fourth-order valence-corrected chi connectivity index (χ4v) is 2.05. The normalized spacial score (nSPS) is 10.6. The first-order chi connectivity index (χ1) is 8.61. The largest absolute Gasteiger partial charge is 0.378 e. The molecular weight excluding hydrogens is 364 g/mol. The maximum atomic E-state index is 11.8. The van der Waals surface area contributed by atoms with Gasteiger partial charge in [-0.15, -0.1) is 0 Å². The highest BCUT2D eigenvalue weighted by Crippen LogP contribution is 2.19. The number of aromatic nitrogens is 2. The molecule has 18 heavy (non-hydrogen) atoms. The molecule has 0 aliphatic carbocycles. The van der Waals surface area contributed by atoms with Crippen LogP contribution in [0.5, 0.6) is 0 Å². The Hall–Kier alpha value is -0.980. The Morgan fingerprint density at radius 2 is 1.94 bits per heavy atom. The molecule has 0 unspecified atom stereocenters. The molecule has 0 saturated heterocycles. The summed E-state index contributed by atoms with van der Waals surface area (Å²) < 4.78 is 6.40. The van der Waals surface area contributed by atoms with Crippen LogP contribution in [0.3, 0.4) is 0 Å². The van der Waals surface area contributed by atoms with Crippen molar-refractivity contribution in [2.45, 2.75) is 6.61 Å². The topological polar surface area (TPSA) is 55.0 Å². The third-order valence-corrected chi connectivity index (χ3v) is 3.68. The molecule has 0 aliphatic rings. The van der Waals surface area contributed by atoms with Crippen molar-refractivity contribution in [2.75, 3.05) is 7.11 Å². The molecular formula is C12H10Br2N2O2. The lowest BCUT2D eigenvalue weighted by Crippen LogP contribution is -2.14. The number of aromatic amines is 1. The average molecular weight is 374 g/mol. The zero-order chi connectivity index (χ0) is 13.1. The van der Waals surface area contributed by atoms with Crippen LogP contribution in [-0.4, -0.2) is 17.1 Å². The Labute approximate surface area is 121 Å². The molecule has 4 nitrogen and oxygen atoms in total. The maximum absolute atomic E-state index is 11.8. The number of benzene rings is 1. The Balaban J connectivity index is 2.51. The minimum absolute atomic E-state index is 0.213. The Morgan fingerprint density at radius 1 is 1.28 bits per heavy atom. The van der Waals surface area contributed by atoms with E-state index in [0.29, 0.717) is 16.0 Å². The zero-order valence-electron chi connectivity index (χ0n) is 9.54. The lowest BCUT2D eigenvalue weighted by molar-refractivity contribution is 0.180. The van der Waals surface area contributed by atoms with Crippen LogP contribution in [0.4, 0.5) is 0 Å². The third-order valence-electron chi connectivity index (χ3n) is 2.33. The van der Waals surface area contributed by atoms with E-state index in [1.54, 1.807) is 7.11 Å². The van der Waals surface area contributed by atoms with Crippen molar-refractivity contribution < 1.29 is 4.74 Å². The molecule has 0 radical (unpaired) electrons. The minimum Gasteiger partial charge on any atom is -0.378 e. The molecule has 0 fully saturated rings. The number of nitrogens with one attached hydrogen (secondary N) is 1. The molecule has 6 heteroatoms. The lowest BCUT2D eigenvalue weighted by Gasteiger charge is -2.06. The van der Waals surface area contributed by atoms with Gasteiger partial charge in [0.15, 0.2) is 0 Å². The molecule has 94 valence electrons. The lowest BCUT2D eigenvalue weighted by atomic mass is 10.2. The van der Waals surface area contributed by atoms with Gasteiger partial charge in [-0.05, 0) is 28.1 Å². The van der Waals surface area contributed by atoms with Gasteiger partial charge in [-0.1, -0.05) is 28.1 Å².